The highest BCUT2D eigenvalue weighted by Crippen LogP contribution is 2.30. The van der Waals surface area contributed by atoms with Crippen LogP contribution in [0.4, 0.5) is 0 Å². The maximum Gasteiger partial charge on any atom is 0.232 e. The number of hydrogen-bond acceptors (Lipinski definition) is 6. The third-order valence-electron chi connectivity index (χ3n) is 4.42. The quantitative estimate of drug-likeness (QED) is 0.641. The van der Waals surface area contributed by atoms with E-state index in [2.05, 4.69) is 10.1 Å². The molecule has 0 saturated carbocycles. The van der Waals surface area contributed by atoms with Gasteiger partial charge in [-0.25, -0.2) is 0 Å². The molecule has 1 atom stereocenters. The predicted octanol–water partition coefficient (Wildman–Crippen LogP) is 4.10. The summed E-state index contributed by atoms with van der Waals surface area (Å²) in [5, 5.41) is 6.03. The number of carbonyl (C=O) groups is 1. The van der Waals surface area contributed by atoms with Crippen molar-refractivity contribution in [3.63, 3.8) is 0 Å². The molecule has 0 N–H and O–H groups in total. The second-order valence-corrected chi connectivity index (χ2v) is 7.87. The molecule has 0 bridgehead atoms. The Labute approximate surface area is 161 Å². The molecule has 1 saturated heterocycles. The highest BCUT2D eigenvalue weighted by molar-refractivity contribution is 7.13. The van der Waals surface area contributed by atoms with Crippen molar-refractivity contribution in [3.8, 4) is 16.5 Å². The van der Waals surface area contributed by atoms with Crippen LogP contribution < -0.4 is 4.74 Å². The fourth-order valence-electron chi connectivity index (χ4n) is 3.16. The fourth-order valence-corrected chi connectivity index (χ4v) is 3.81. The average molecular weight is 383 g/mol. The smallest absolute Gasteiger partial charge is 0.232 e. The number of likely N-dealkylation sites (tertiary alicyclic amines) is 1. The van der Waals surface area contributed by atoms with Crippen molar-refractivity contribution in [2.45, 2.75) is 38.8 Å². The Morgan fingerprint density at radius 2 is 2.11 bits per heavy atom. The Hall–Kier alpha value is -2.67. The lowest BCUT2D eigenvalue weighted by Gasteiger charge is -2.16. The molecular formula is C20H21N3O3S. The summed E-state index contributed by atoms with van der Waals surface area (Å²) < 4.78 is 11.1. The molecule has 0 aliphatic carbocycles. The zero-order valence-electron chi connectivity index (χ0n) is 15.3. The zero-order chi connectivity index (χ0) is 18.8. The molecule has 0 radical (unpaired) electrons. The van der Waals surface area contributed by atoms with Crippen molar-refractivity contribution in [3.05, 3.63) is 53.2 Å². The summed E-state index contributed by atoms with van der Waals surface area (Å²) in [7, 11) is 0. The third-order valence-corrected chi connectivity index (χ3v) is 5.28. The number of aromatic nitrogens is 2. The standard InChI is InChI=1S/C20H21N3O3S/c1-13(2)25-16-7-5-14(6-8-16)11-23-12-15(10-18(23)24)20-21-19(22-26-20)17-4-3-9-27-17/h3-9,13,15H,10-12H2,1-2H3. The van der Waals surface area contributed by atoms with E-state index in [1.54, 1.807) is 11.3 Å². The maximum absolute atomic E-state index is 12.4. The molecule has 2 aromatic heterocycles. The second kappa shape index (κ2) is 7.52. The summed E-state index contributed by atoms with van der Waals surface area (Å²) in [5.41, 5.74) is 1.07. The van der Waals surface area contributed by atoms with Gasteiger partial charge in [-0.2, -0.15) is 4.98 Å². The average Bonchev–Trinajstić information content (AvgIpc) is 3.37. The lowest BCUT2D eigenvalue weighted by molar-refractivity contribution is -0.128. The van der Waals surface area contributed by atoms with Gasteiger partial charge in [0.15, 0.2) is 0 Å². The first-order valence-corrected chi connectivity index (χ1v) is 9.87. The highest BCUT2D eigenvalue weighted by atomic mass is 32.1. The molecule has 0 spiro atoms. The third kappa shape index (κ3) is 4.03. The molecule has 1 amide bonds. The number of amides is 1. The minimum Gasteiger partial charge on any atom is -0.491 e. The van der Waals surface area contributed by atoms with Crippen LogP contribution in [0.25, 0.3) is 10.7 Å². The lowest BCUT2D eigenvalue weighted by Crippen LogP contribution is -2.24. The van der Waals surface area contributed by atoms with Crippen LogP contribution in [0.5, 0.6) is 5.75 Å². The number of benzene rings is 1. The van der Waals surface area contributed by atoms with E-state index >= 15 is 0 Å². The minimum atomic E-state index is -0.0535. The summed E-state index contributed by atoms with van der Waals surface area (Å²) >= 11 is 1.57. The molecule has 3 heterocycles. The SMILES string of the molecule is CC(C)Oc1ccc(CN2CC(c3nc(-c4cccs4)no3)CC2=O)cc1. The second-order valence-electron chi connectivity index (χ2n) is 6.92. The topological polar surface area (TPSA) is 68.5 Å². The van der Waals surface area contributed by atoms with Crippen LogP contribution in [0.15, 0.2) is 46.3 Å². The molecular weight excluding hydrogens is 362 g/mol. The first-order valence-electron chi connectivity index (χ1n) is 8.99. The predicted molar refractivity (Wildman–Crippen MR) is 103 cm³/mol. The van der Waals surface area contributed by atoms with Crippen LogP contribution in [0, 0.1) is 0 Å². The van der Waals surface area contributed by atoms with Gasteiger partial charge in [-0.1, -0.05) is 23.4 Å². The van der Waals surface area contributed by atoms with E-state index in [1.807, 2.05) is 60.5 Å². The number of nitrogens with zero attached hydrogens (tertiary/aromatic N) is 3. The normalized spacial score (nSPS) is 17.1. The molecule has 1 aromatic carbocycles. The van der Waals surface area contributed by atoms with E-state index in [4.69, 9.17) is 9.26 Å². The minimum absolute atomic E-state index is 0.0535. The van der Waals surface area contributed by atoms with Crippen LogP contribution >= 0.6 is 11.3 Å². The summed E-state index contributed by atoms with van der Waals surface area (Å²) in [5.74, 6) is 2.02. The lowest BCUT2D eigenvalue weighted by atomic mass is 10.1. The van der Waals surface area contributed by atoms with Crippen molar-refractivity contribution in [2.24, 2.45) is 0 Å². The fraction of sp³-hybridized carbons (Fsp3) is 0.350. The van der Waals surface area contributed by atoms with E-state index in [9.17, 15) is 4.79 Å². The summed E-state index contributed by atoms with van der Waals surface area (Å²) in [6, 6.07) is 11.8. The van der Waals surface area contributed by atoms with Gasteiger partial charge in [-0.15, -0.1) is 11.3 Å². The maximum atomic E-state index is 12.4. The van der Waals surface area contributed by atoms with Crippen molar-refractivity contribution in [1.82, 2.24) is 15.0 Å². The summed E-state index contributed by atoms with van der Waals surface area (Å²) in [6.45, 7) is 5.16. The number of ether oxygens (including phenoxy) is 1. The number of rotatable bonds is 6. The molecule has 1 aliphatic heterocycles. The Balaban J connectivity index is 1.40. The molecule has 1 unspecified atom stereocenters. The molecule has 7 heteroatoms. The van der Waals surface area contributed by atoms with E-state index in [0.29, 0.717) is 31.2 Å². The molecule has 140 valence electrons. The Morgan fingerprint density at radius 3 is 2.81 bits per heavy atom. The van der Waals surface area contributed by atoms with Gasteiger partial charge >= 0.3 is 0 Å². The van der Waals surface area contributed by atoms with Crippen LogP contribution in [-0.4, -0.2) is 33.6 Å². The van der Waals surface area contributed by atoms with Gasteiger partial charge in [-0.05, 0) is 43.0 Å². The first kappa shape index (κ1) is 17.7. The van der Waals surface area contributed by atoms with Gasteiger partial charge in [0.1, 0.15) is 5.75 Å². The monoisotopic (exact) mass is 383 g/mol. The Morgan fingerprint density at radius 1 is 1.30 bits per heavy atom. The zero-order valence-corrected chi connectivity index (χ0v) is 16.1. The van der Waals surface area contributed by atoms with Crippen LogP contribution in [0.3, 0.4) is 0 Å². The van der Waals surface area contributed by atoms with Gasteiger partial charge in [0, 0.05) is 19.5 Å². The Bertz CT molecular complexity index is 903. The largest absolute Gasteiger partial charge is 0.491 e. The van der Waals surface area contributed by atoms with Gasteiger partial charge < -0.3 is 14.2 Å². The van der Waals surface area contributed by atoms with Crippen molar-refractivity contribution >= 4 is 17.2 Å². The Kier molecular flexibility index (Phi) is 4.94. The molecule has 27 heavy (non-hydrogen) atoms. The van der Waals surface area contributed by atoms with Gasteiger partial charge in [0.2, 0.25) is 17.6 Å². The number of carbonyl (C=O) groups excluding carboxylic acids is 1. The van der Waals surface area contributed by atoms with Crippen LogP contribution in [-0.2, 0) is 11.3 Å². The van der Waals surface area contributed by atoms with E-state index < -0.39 is 0 Å². The molecule has 3 aromatic rings. The summed E-state index contributed by atoms with van der Waals surface area (Å²) in [4.78, 5) is 19.7. The van der Waals surface area contributed by atoms with E-state index in [1.165, 1.54) is 0 Å². The first-order chi connectivity index (χ1) is 13.1. The van der Waals surface area contributed by atoms with Gasteiger partial charge in [0.05, 0.1) is 16.9 Å². The van der Waals surface area contributed by atoms with E-state index in [0.717, 1.165) is 16.2 Å². The van der Waals surface area contributed by atoms with Gasteiger partial charge in [0.25, 0.3) is 0 Å². The highest BCUT2D eigenvalue weighted by Gasteiger charge is 2.34. The number of hydrogen-bond donors (Lipinski definition) is 0. The summed E-state index contributed by atoms with van der Waals surface area (Å²) in [6.07, 6.45) is 0.547. The van der Waals surface area contributed by atoms with Crippen molar-refractivity contribution in [1.29, 1.82) is 0 Å². The molecule has 4 rings (SSSR count). The van der Waals surface area contributed by atoms with Crippen LogP contribution in [0.2, 0.25) is 0 Å². The van der Waals surface area contributed by atoms with Crippen LogP contribution in [0.1, 0.15) is 37.6 Å². The van der Waals surface area contributed by atoms with Crippen molar-refractivity contribution in [2.75, 3.05) is 6.54 Å². The molecule has 6 nitrogen and oxygen atoms in total. The van der Waals surface area contributed by atoms with Crippen molar-refractivity contribution < 1.29 is 14.1 Å². The van der Waals surface area contributed by atoms with E-state index in [-0.39, 0.29) is 17.9 Å². The number of thiophene rings is 1. The molecule has 1 aliphatic rings. The molecule has 1 fully saturated rings. The van der Waals surface area contributed by atoms with Gasteiger partial charge in [-0.3, -0.25) is 4.79 Å².